The fourth-order valence-corrected chi connectivity index (χ4v) is 7.43. The lowest BCUT2D eigenvalue weighted by Gasteiger charge is -2.43. The molecule has 0 unspecified atom stereocenters. The molecule has 55 heavy (non-hydrogen) atoms. The molecule has 9 nitrogen and oxygen atoms in total. The van der Waals surface area contributed by atoms with Gasteiger partial charge < -0.3 is 29.9 Å². The summed E-state index contributed by atoms with van der Waals surface area (Å²) in [6.45, 7) is 4.51. The molecular formula is C43H48F3N3O6. The number of hydrogen-bond acceptors (Lipinski definition) is 7. The van der Waals surface area contributed by atoms with Gasteiger partial charge in [0.15, 0.2) is 6.29 Å². The molecule has 6 rings (SSSR count). The number of alkyl halides is 3. The van der Waals surface area contributed by atoms with Crippen molar-refractivity contribution in [2.24, 2.45) is 5.92 Å². The van der Waals surface area contributed by atoms with Crippen LogP contribution in [0.2, 0.25) is 0 Å². The summed E-state index contributed by atoms with van der Waals surface area (Å²) in [6.07, 6.45) is -6.59. The normalized spacial score (nSPS) is 22.7. The first-order valence-corrected chi connectivity index (χ1v) is 18.6. The Bertz CT molecular complexity index is 1910. The summed E-state index contributed by atoms with van der Waals surface area (Å²) in [5, 5.41) is 23.6. The molecule has 2 aliphatic heterocycles. The van der Waals surface area contributed by atoms with Crippen molar-refractivity contribution in [2.45, 2.75) is 82.7 Å². The molecule has 2 amide bonds. The van der Waals surface area contributed by atoms with Crippen LogP contribution in [0.3, 0.4) is 0 Å². The smallest absolute Gasteiger partial charge is 0.392 e. The Balaban J connectivity index is 1.19. The van der Waals surface area contributed by atoms with Crippen molar-refractivity contribution >= 4 is 11.8 Å². The summed E-state index contributed by atoms with van der Waals surface area (Å²) in [4.78, 5) is 27.5. The number of hydrogen-bond donors (Lipinski definition) is 3. The van der Waals surface area contributed by atoms with Gasteiger partial charge in [-0.3, -0.25) is 14.5 Å². The van der Waals surface area contributed by atoms with Crippen molar-refractivity contribution in [2.75, 3.05) is 20.1 Å². The second-order valence-corrected chi connectivity index (χ2v) is 14.6. The van der Waals surface area contributed by atoms with E-state index in [4.69, 9.17) is 9.47 Å². The average molecular weight is 760 g/mol. The van der Waals surface area contributed by atoms with E-state index in [0.717, 1.165) is 38.9 Å². The van der Waals surface area contributed by atoms with Gasteiger partial charge in [-0.25, -0.2) is 0 Å². The number of ether oxygens (including phenoxy) is 2. The zero-order valence-corrected chi connectivity index (χ0v) is 31.2. The van der Waals surface area contributed by atoms with E-state index < -0.39 is 36.4 Å². The molecular weight excluding hydrogens is 711 g/mol. The molecule has 4 aromatic rings. The van der Waals surface area contributed by atoms with Gasteiger partial charge >= 0.3 is 12.1 Å². The van der Waals surface area contributed by atoms with Crippen molar-refractivity contribution < 1.29 is 42.4 Å². The molecule has 2 heterocycles. The molecule has 0 bridgehead atoms. The molecule has 0 saturated carbocycles. The average Bonchev–Trinajstić information content (AvgIpc) is 3.70. The van der Waals surface area contributed by atoms with Crippen molar-refractivity contribution in [3.05, 3.63) is 131 Å². The third-order valence-electron chi connectivity index (χ3n) is 10.8. The summed E-state index contributed by atoms with van der Waals surface area (Å²) in [7, 11) is 1.98. The summed E-state index contributed by atoms with van der Waals surface area (Å²) < 4.78 is 52.7. The van der Waals surface area contributed by atoms with Crippen molar-refractivity contribution in [3.8, 4) is 11.1 Å². The zero-order chi connectivity index (χ0) is 39.3. The number of aliphatic hydroxyl groups is 2. The maximum Gasteiger partial charge on any atom is 0.471 e. The predicted molar refractivity (Wildman–Crippen MR) is 201 cm³/mol. The first kappa shape index (κ1) is 40.1. The van der Waals surface area contributed by atoms with Crippen LogP contribution in [0, 0.1) is 5.92 Å². The van der Waals surface area contributed by atoms with Crippen LogP contribution in [0.4, 0.5) is 13.2 Å². The van der Waals surface area contributed by atoms with Gasteiger partial charge in [0.2, 0.25) is 5.91 Å². The van der Waals surface area contributed by atoms with E-state index >= 15 is 0 Å². The molecule has 0 spiro atoms. The number of benzene rings is 4. The SMILES string of the molecule is C[C@@H]1[C@H](CN(C)[C@@H](C)[C@H](O)c2ccccc2)O[C@H](c2cccc(-c3cccc(CNC(=O)[C@@H]4CCCN4C(=O)C(F)(F)F)c3)c2)O[C@@H]1c1ccc(CO)cc1. The first-order valence-electron chi connectivity index (χ1n) is 18.6. The molecule has 292 valence electrons. The minimum absolute atomic E-state index is 0.0649. The van der Waals surface area contributed by atoms with E-state index in [-0.39, 0.29) is 50.3 Å². The maximum absolute atomic E-state index is 13.1. The standard InChI is InChI=1S/C43H48F3N3O6/c1-27-37(25-48(3)28(2)38(51)31-11-5-4-6-12-31)54-41(55-39(27)32-19-17-29(26-50)18-20-32)35-15-8-14-34(23-35)33-13-7-10-30(22-33)24-47-40(52)36-16-9-21-49(36)42(53)43(44,45)46/h4-8,10-15,17-20,22-23,27-28,36-39,41,50-51H,9,16,21,24-26H2,1-3H3,(H,47,52)/t27-,28+,36+,37+,38+,39+,41+/m1/s1. The third-order valence-corrected chi connectivity index (χ3v) is 10.8. The Morgan fingerprint density at radius 3 is 2.29 bits per heavy atom. The predicted octanol–water partition coefficient (Wildman–Crippen LogP) is 6.86. The molecule has 2 saturated heterocycles. The number of carbonyl (C=O) groups is 2. The topological polar surface area (TPSA) is 112 Å². The molecule has 0 radical (unpaired) electrons. The second kappa shape index (κ2) is 17.5. The second-order valence-electron chi connectivity index (χ2n) is 14.6. The number of rotatable bonds is 12. The number of likely N-dealkylation sites (N-methyl/N-ethyl adjacent to an activating group) is 1. The molecule has 2 fully saturated rings. The number of nitrogens with zero attached hydrogens (tertiary/aromatic N) is 2. The van der Waals surface area contributed by atoms with Crippen LogP contribution in [0.5, 0.6) is 0 Å². The quantitative estimate of drug-likeness (QED) is 0.145. The molecule has 2 aliphatic rings. The van der Waals surface area contributed by atoms with Gasteiger partial charge in [-0.2, -0.15) is 13.2 Å². The molecule has 12 heteroatoms. The first-order chi connectivity index (χ1) is 26.3. The molecule has 3 N–H and O–H groups in total. The van der Waals surface area contributed by atoms with Gasteiger partial charge in [0.1, 0.15) is 6.04 Å². The lowest BCUT2D eigenvalue weighted by atomic mass is 9.89. The van der Waals surface area contributed by atoms with E-state index in [0.29, 0.717) is 17.9 Å². The Morgan fingerprint density at radius 1 is 0.909 bits per heavy atom. The van der Waals surface area contributed by atoms with Gasteiger partial charge in [0, 0.05) is 37.2 Å². The Labute approximate surface area is 319 Å². The van der Waals surface area contributed by atoms with E-state index in [1.807, 2.05) is 117 Å². The monoisotopic (exact) mass is 759 g/mol. The van der Waals surface area contributed by atoms with E-state index in [1.54, 1.807) is 0 Å². The van der Waals surface area contributed by atoms with E-state index in [1.165, 1.54) is 0 Å². The van der Waals surface area contributed by atoms with Gasteiger partial charge in [-0.15, -0.1) is 0 Å². The van der Waals surface area contributed by atoms with Crippen LogP contribution in [-0.2, 0) is 32.2 Å². The summed E-state index contributed by atoms with van der Waals surface area (Å²) in [5.74, 6) is -2.68. The number of carbonyl (C=O) groups excluding carboxylic acids is 2. The van der Waals surface area contributed by atoms with Crippen molar-refractivity contribution in [1.82, 2.24) is 15.1 Å². The lowest BCUT2D eigenvalue weighted by molar-refractivity contribution is -0.276. The van der Waals surface area contributed by atoms with E-state index in [2.05, 4.69) is 17.1 Å². The molecule has 4 aromatic carbocycles. The highest BCUT2D eigenvalue weighted by molar-refractivity contribution is 5.90. The zero-order valence-electron chi connectivity index (χ0n) is 31.2. The number of likely N-dealkylation sites (tertiary alicyclic amines) is 1. The molecule has 0 aliphatic carbocycles. The summed E-state index contributed by atoms with van der Waals surface area (Å²) in [5.41, 5.74) is 5.84. The van der Waals surface area contributed by atoms with Gasteiger partial charge in [0.05, 0.1) is 24.9 Å². The van der Waals surface area contributed by atoms with Crippen molar-refractivity contribution in [3.63, 3.8) is 0 Å². The highest BCUT2D eigenvalue weighted by atomic mass is 19.4. The van der Waals surface area contributed by atoms with Gasteiger partial charge in [-0.05, 0) is 72.3 Å². The largest absolute Gasteiger partial charge is 0.471 e. The fourth-order valence-electron chi connectivity index (χ4n) is 7.43. The minimum atomic E-state index is -5.04. The minimum Gasteiger partial charge on any atom is -0.392 e. The Morgan fingerprint density at radius 2 is 1.60 bits per heavy atom. The maximum atomic E-state index is 13.1. The van der Waals surface area contributed by atoms with Crippen LogP contribution >= 0.6 is 0 Å². The van der Waals surface area contributed by atoms with Crippen LogP contribution < -0.4 is 5.32 Å². The Hall–Kier alpha value is -4.59. The van der Waals surface area contributed by atoms with Crippen LogP contribution in [0.15, 0.2) is 103 Å². The fraction of sp³-hybridized carbons (Fsp3) is 0.395. The van der Waals surface area contributed by atoms with Crippen LogP contribution in [0.25, 0.3) is 11.1 Å². The van der Waals surface area contributed by atoms with Crippen LogP contribution in [0.1, 0.15) is 73.0 Å². The van der Waals surface area contributed by atoms with E-state index in [9.17, 15) is 33.0 Å². The number of amides is 2. The third kappa shape index (κ3) is 9.45. The number of nitrogens with one attached hydrogen (secondary N) is 1. The number of halogens is 3. The summed E-state index contributed by atoms with van der Waals surface area (Å²) in [6, 6.07) is 31.2. The summed E-state index contributed by atoms with van der Waals surface area (Å²) >= 11 is 0. The molecule has 0 aromatic heterocycles. The highest BCUT2D eigenvalue weighted by Crippen LogP contribution is 2.43. The van der Waals surface area contributed by atoms with Gasteiger partial charge in [0.25, 0.3) is 0 Å². The van der Waals surface area contributed by atoms with Crippen LogP contribution in [-0.4, -0.2) is 76.3 Å². The lowest BCUT2D eigenvalue weighted by Crippen LogP contribution is -2.50. The highest BCUT2D eigenvalue weighted by Gasteiger charge is 2.47. The molecule has 7 atom stereocenters. The van der Waals surface area contributed by atoms with Crippen molar-refractivity contribution in [1.29, 1.82) is 0 Å². The number of aliphatic hydroxyl groups excluding tert-OH is 2. The Kier molecular flexibility index (Phi) is 12.7. The van der Waals surface area contributed by atoms with Gasteiger partial charge in [-0.1, -0.05) is 97.9 Å².